The fraction of sp³-hybridized carbons (Fsp3) is 0.800. The van der Waals surface area contributed by atoms with Gasteiger partial charge in [0.25, 0.3) is 0 Å². The lowest BCUT2D eigenvalue weighted by atomic mass is 10.1. The Morgan fingerprint density at radius 1 is 1.57 bits per heavy atom. The Morgan fingerprint density at radius 3 is 2.71 bits per heavy atom. The van der Waals surface area contributed by atoms with Crippen molar-refractivity contribution in [3.63, 3.8) is 0 Å². The van der Waals surface area contributed by atoms with E-state index < -0.39 is 0 Å². The number of nitrogens with zero attached hydrogens (tertiary/aromatic N) is 1. The lowest BCUT2D eigenvalue weighted by molar-refractivity contribution is -0.135. The zero-order chi connectivity index (χ0) is 10.6. The number of carbonyl (C=O) groups excluding carboxylic acids is 2. The number of amides is 2. The molecule has 4 heteroatoms. The molecule has 1 rings (SSSR count). The van der Waals surface area contributed by atoms with Crippen LogP contribution in [0.4, 0.5) is 0 Å². The van der Waals surface area contributed by atoms with Gasteiger partial charge in [-0.05, 0) is 13.3 Å². The number of hydrogen-bond donors (Lipinski definition) is 1. The second kappa shape index (κ2) is 4.98. The van der Waals surface area contributed by atoms with E-state index in [-0.39, 0.29) is 17.7 Å². The largest absolute Gasteiger partial charge is 0.355 e. The molecule has 0 radical (unpaired) electrons. The molecule has 0 spiro atoms. The number of rotatable bonds is 4. The van der Waals surface area contributed by atoms with E-state index in [1.807, 2.05) is 18.7 Å². The van der Waals surface area contributed by atoms with Crippen LogP contribution in [-0.4, -0.2) is 36.3 Å². The van der Waals surface area contributed by atoms with Gasteiger partial charge in [-0.25, -0.2) is 0 Å². The van der Waals surface area contributed by atoms with Gasteiger partial charge in [0.1, 0.15) is 0 Å². The predicted molar refractivity (Wildman–Crippen MR) is 53.7 cm³/mol. The van der Waals surface area contributed by atoms with Gasteiger partial charge in [-0.1, -0.05) is 6.92 Å². The van der Waals surface area contributed by atoms with E-state index in [0.717, 1.165) is 19.5 Å². The third-order valence-corrected chi connectivity index (χ3v) is 2.51. The van der Waals surface area contributed by atoms with Crippen LogP contribution in [0.5, 0.6) is 0 Å². The summed E-state index contributed by atoms with van der Waals surface area (Å²) < 4.78 is 0. The van der Waals surface area contributed by atoms with Gasteiger partial charge >= 0.3 is 0 Å². The van der Waals surface area contributed by atoms with Gasteiger partial charge < -0.3 is 10.2 Å². The minimum absolute atomic E-state index is 0.00379. The molecule has 80 valence electrons. The molecule has 2 amide bonds. The molecular weight excluding hydrogens is 180 g/mol. The molecule has 1 atom stereocenters. The molecule has 1 N–H and O–H groups in total. The first-order valence-electron chi connectivity index (χ1n) is 5.24. The molecule has 1 aliphatic heterocycles. The molecule has 1 heterocycles. The highest BCUT2D eigenvalue weighted by atomic mass is 16.2. The third-order valence-electron chi connectivity index (χ3n) is 2.51. The van der Waals surface area contributed by atoms with Crippen LogP contribution in [0.25, 0.3) is 0 Å². The predicted octanol–water partition coefficient (Wildman–Crippen LogP) is 0.381. The summed E-state index contributed by atoms with van der Waals surface area (Å²) in [6.07, 6.45) is 1.33. The van der Waals surface area contributed by atoms with Crippen LogP contribution >= 0.6 is 0 Å². The van der Waals surface area contributed by atoms with Crippen LogP contribution in [0, 0.1) is 5.92 Å². The summed E-state index contributed by atoms with van der Waals surface area (Å²) in [4.78, 5) is 24.6. The summed E-state index contributed by atoms with van der Waals surface area (Å²) in [5.74, 6) is -0.0161. The highest BCUT2D eigenvalue weighted by Gasteiger charge is 2.30. The maximum Gasteiger partial charge on any atom is 0.227 e. The minimum atomic E-state index is -0.131. The third kappa shape index (κ3) is 2.47. The smallest absolute Gasteiger partial charge is 0.227 e. The fourth-order valence-electron chi connectivity index (χ4n) is 1.73. The first kappa shape index (κ1) is 11.0. The van der Waals surface area contributed by atoms with Gasteiger partial charge in [-0.2, -0.15) is 0 Å². The van der Waals surface area contributed by atoms with Crippen LogP contribution in [-0.2, 0) is 9.59 Å². The van der Waals surface area contributed by atoms with Gasteiger partial charge in [0, 0.05) is 26.1 Å². The van der Waals surface area contributed by atoms with Crippen molar-refractivity contribution in [1.82, 2.24) is 10.2 Å². The average molecular weight is 198 g/mol. The lowest BCUT2D eigenvalue weighted by Gasteiger charge is -2.22. The first-order chi connectivity index (χ1) is 6.69. The van der Waals surface area contributed by atoms with E-state index in [1.54, 1.807) is 0 Å². The van der Waals surface area contributed by atoms with Crippen molar-refractivity contribution >= 4 is 11.8 Å². The molecule has 1 fully saturated rings. The average Bonchev–Trinajstić information content (AvgIpc) is 2.60. The van der Waals surface area contributed by atoms with Gasteiger partial charge in [-0.15, -0.1) is 0 Å². The lowest BCUT2D eigenvalue weighted by Crippen LogP contribution is -2.37. The summed E-state index contributed by atoms with van der Waals surface area (Å²) in [7, 11) is 0. The number of carbonyl (C=O) groups is 2. The molecule has 4 nitrogen and oxygen atoms in total. The Bertz CT molecular complexity index is 228. The van der Waals surface area contributed by atoms with Crippen molar-refractivity contribution in [3.05, 3.63) is 0 Å². The van der Waals surface area contributed by atoms with E-state index in [2.05, 4.69) is 5.32 Å². The molecule has 0 aromatic carbocycles. The Balaban J connectivity index is 2.49. The summed E-state index contributed by atoms with van der Waals surface area (Å²) in [5.41, 5.74) is 0. The summed E-state index contributed by atoms with van der Waals surface area (Å²) in [5, 5.41) is 2.69. The minimum Gasteiger partial charge on any atom is -0.355 e. The molecule has 0 aromatic rings. The Labute approximate surface area is 84.7 Å². The van der Waals surface area contributed by atoms with Crippen molar-refractivity contribution in [2.24, 2.45) is 5.92 Å². The van der Waals surface area contributed by atoms with Crippen molar-refractivity contribution in [2.45, 2.75) is 26.7 Å². The van der Waals surface area contributed by atoms with Gasteiger partial charge in [-0.3, -0.25) is 9.59 Å². The number of nitrogens with one attached hydrogen (secondary N) is 1. The van der Waals surface area contributed by atoms with Gasteiger partial charge in [0.15, 0.2) is 0 Å². The second-order valence-electron chi connectivity index (χ2n) is 3.62. The Morgan fingerprint density at radius 2 is 2.29 bits per heavy atom. The van der Waals surface area contributed by atoms with E-state index in [4.69, 9.17) is 0 Å². The second-order valence-corrected chi connectivity index (χ2v) is 3.62. The molecule has 0 aromatic heterocycles. The van der Waals surface area contributed by atoms with E-state index in [9.17, 15) is 9.59 Å². The van der Waals surface area contributed by atoms with Crippen LogP contribution in [0.2, 0.25) is 0 Å². The van der Waals surface area contributed by atoms with Crippen LogP contribution in [0.1, 0.15) is 26.7 Å². The molecule has 0 bridgehead atoms. The SMILES string of the molecule is CCCN(CC)C(=O)C1CNC(=O)C1. The standard InChI is InChI=1S/C10H18N2O2/c1-3-5-12(4-2)10(14)8-6-9(13)11-7-8/h8H,3-7H2,1-2H3,(H,11,13). The maximum absolute atomic E-state index is 11.8. The van der Waals surface area contributed by atoms with Crippen molar-refractivity contribution < 1.29 is 9.59 Å². The maximum atomic E-state index is 11.8. The van der Waals surface area contributed by atoms with Crippen LogP contribution < -0.4 is 5.32 Å². The summed E-state index contributed by atoms with van der Waals surface area (Å²) in [6.45, 7) is 6.06. The van der Waals surface area contributed by atoms with E-state index in [1.165, 1.54) is 0 Å². The van der Waals surface area contributed by atoms with Gasteiger partial charge in [0.2, 0.25) is 11.8 Å². The normalized spacial score (nSPS) is 20.7. The van der Waals surface area contributed by atoms with E-state index >= 15 is 0 Å². The molecular formula is C10H18N2O2. The summed E-state index contributed by atoms with van der Waals surface area (Å²) >= 11 is 0. The molecule has 1 saturated heterocycles. The van der Waals surface area contributed by atoms with Crippen molar-refractivity contribution in [2.75, 3.05) is 19.6 Å². The zero-order valence-electron chi connectivity index (χ0n) is 8.88. The quantitative estimate of drug-likeness (QED) is 0.710. The van der Waals surface area contributed by atoms with Gasteiger partial charge in [0.05, 0.1) is 5.92 Å². The zero-order valence-corrected chi connectivity index (χ0v) is 8.88. The highest BCUT2D eigenvalue weighted by molar-refractivity contribution is 5.89. The topological polar surface area (TPSA) is 49.4 Å². The first-order valence-corrected chi connectivity index (χ1v) is 5.24. The molecule has 0 aliphatic carbocycles. The van der Waals surface area contributed by atoms with Crippen molar-refractivity contribution in [3.8, 4) is 0 Å². The van der Waals surface area contributed by atoms with Crippen LogP contribution in [0.15, 0.2) is 0 Å². The van der Waals surface area contributed by atoms with Crippen LogP contribution in [0.3, 0.4) is 0 Å². The fourth-order valence-corrected chi connectivity index (χ4v) is 1.73. The molecule has 0 saturated carbocycles. The number of hydrogen-bond acceptors (Lipinski definition) is 2. The molecule has 1 unspecified atom stereocenters. The highest BCUT2D eigenvalue weighted by Crippen LogP contribution is 2.12. The van der Waals surface area contributed by atoms with Crippen molar-refractivity contribution in [1.29, 1.82) is 0 Å². The Kier molecular flexibility index (Phi) is 3.92. The summed E-state index contributed by atoms with van der Waals surface area (Å²) in [6, 6.07) is 0. The Hall–Kier alpha value is -1.06. The molecule has 1 aliphatic rings. The van der Waals surface area contributed by atoms with E-state index in [0.29, 0.717) is 13.0 Å². The molecule has 14 heavy (non-hydrogen) atoms. The monoisotopic (exact) mass is 198 g/mol.